The maximum atomic E-state index is 11.7. The molecule has 0 saturated carbocycles. The Morgan fingerprint density at radius 2 is 2.03 bits per heavy atom. The molecule has 4 rings (SSSR count). The Balaban J connectivity index is 1.59. The van der Waals surface area contributed by atoms with E-state index in [0.717, 1.165) is 31.4 Å². The molecule has 0 radical (unpaired) electrons. The number of nitrogens with two attached hydrogens (primary N) is 1. The van der Waals surface area contributed by atoms with Crippen molar-refractivity contribution < 1.29 is 9.53 Å². The first-order chi connectivity index (χ1) is 14.5. The third kappa shape index (κ3) is 3.90. The molecule has 1 aliphatic heterocycles. The van der Waals surface area contributed by atoms with E-state index in [0.29, 0.717) is 29.1 Å². The highest BCUT2D eigenvalue weighted by molar-refractivity contribution is 6.04. The molecule has 3 aromatic rings. The fourth-order valence-corrected chi connectivity index (χ4v) is 3.67. The summed E-state index contributed by atoms with van der Waals surface area (Å²) in [5.41, 5.74) is 6.48. The van der Waals surface area contributed by atoms with Crippen molar-refractivity contribution in [2.24, 2.45) is 5.73 Å². The smallest absolute Gasteiger partial charge is 0.269 e. The molecular weight excluding hydrogens is 384 g/mol. The number of amides is 1. The van der Waals surface area contributed by atoms with Gasteiger partial charge in [-0.05, 0) is 32.8 Å². The molecule has 0 aromatic carbocycles. The molecule has 0 atom stereocenters. The zero-order valence-corrected chi connectivity index (χ0v) is 17.4. The molecule has 3 aromatic heterocycles. The Labute approximate surface area is 174 Å². The van der Waals surface area contributed by atoms with Gasteiger partial charge < -0.3 is 20.7 Å². The number of fused-ring (bicyclic) bond motifs is 1. The summed E-state index contributed by atoms with van der Waals surface area (Å²) in [7, 11) is 1.75. The number of rotatable bonds is 6. The van der Waals surface area contributed by atoms with Gasteiger partial charge in [-0.2, -0.15) is 10.1 Å². The van der Waals surface area contributed by atoms with Gasteiger partial charge in [-0.1, -0.05) is 0 Å². The highest BCUT2D eigenvalue weighted by atomic mass is 16.5. The molecule has 1 fully saturated rings. The second kappa shape index (κ2) is 8.23. The van der Waals surface area contributed by atoms with Crippen molar-refractivity contribution in [1.29, 1.82) is 0 Å². The maximum absolute atomic E-state index is 11.7. The van der Waals surface area contributed by atoms with Crippen molar-refractivity contribution in [2.45, 2.75) is 38.8 Å². The van der Waals surface area contributed by atoms with Crippen molar-refractivity contribution in [3.05, 3.63) is 30.2 Å². The fourth-order valence-electron chi connectivity index (χ4n) is 3.67. The minimum atomic E-state index is -0.570. The number of nitrogens with one attached hydrogen (secondary N) is 1. The van der Waals surface area contributed by atoms with E-state index in [4.69, 9.17) is 10.5 Å². The van der Waals surface area contributed by atoms with Gasteiger partial charge in [0.15, 0.2) is 5.69 Å². The summed E-state index contributed by atoms with van der Waals surface area (Å²) in [6, 6.07) is 3.71. The van der Waals surface area contributed by atoms with Gasteiger partial charge in [-0.25, -0.2) is 9.97 Å². The Hall–Kier alpha value is -3.27. The third-order valence-corrected chi connectivity index (χ3v) is 5.27. The minimum Gasteiger partial charge on any atom is -0.381 e. The summed E-state index contributed by atoms with van der Waals surface area (Å²) in [4.78, 5) is 27.4. The summed E-state index contributed by atoms with van der Waals surface area (Å²) in [5.74, 6) is 1.35. The number of ether oxygens (including phenoxy) is 1. The van der Waals surface area contributed by atoms with Crippen LogP contribution in [0.4, 0.5) is 17.6 Å². The Bertz CT molecular complexity index is 1060. The van der Waals surface area contributed by atoms with E-state index in [9.17, 15) is 4.79 Å². The largest absolute Gasteiger partial charge is 0.381 e. The molecule has 1 aliphatic rings. The number of primary amides is 1. The Kier molecular flexibility index (Phi) is 5.49. The van der Waals surface area contributed by atoms with E-state index < -0.39 is 5.91 Å². The molecule has 0 unspecified atom stereocenters. The van der Waals surface area contributed by atoms with Crippen molar-refractivity contribution in [1.82, 2.24) is 24.7 Å². The number of carbonyl (C=O) groups excluding carboxylic acids is 1. The third-order valence-electron chi connectivity index (χ3n) is 5.27. The first-order valence-electron chi connectivity index (χ1n) is 10.0. The summed E-state index contributed by atoms with van der Waals surface area (Å²) in [5, 5.41) is 8.22. The first kappa shape index (κ1) is 20.0. The lowest BCUT2D eigenvalue weighted by Crippen LogP contribution is -2.37. The van der Waals surface area contributed by atoms with Crippen LogP contribution in [-0.4, -0.2) is 56.9 Å². The number of anilines is 3. The van der Waals surface area contributed by atoms with Crippen molar-refractivity contribution >= 4 is 34.4 Å². The number of pyridine rings is 1. The predicted molar refractivity (Wildman–Crippen MR) is 114 cm³/mol. The van der Waals surface area contributed by atoms with Gasteiger partial charge in [0.1, 0.15) is 11.6 Å². The highest BCUT2D eigenvalue weighted by Crippen LogP contribution is 2.25. The van der Waals surface area contributed by atoms with Crippen LogP contribution < -0.4 is 16.0 Å². The van der Waals surface area contributed by atoms with E-state index in [1.165, 1.54) is 0 Å². The lowest BCUT2D eigenvalue weighted by atomic mass is 10.1. The minimum absolute atomic E-state index is 0.0662. The average Bonchev–Trinajstić information content (AvgIpc) is 3.13. The van der Waals surface area contributed by atoms with Crippen LogP contribution in [0.15, 0.2) is 24.5 Å². The molecule has 30 heavy (non-hydrogen) atoms. The van der Waals surface area contributed by atoms with Crippen LogP contribution in [0.1, 0.15) is 43.2 Å². The molecule has 1 saturated heterocycles. The first-order valence-corrected chi connectivity index (χ1v) is 10.0. The Morgan fingerprint density at radius 1 is 1.27 bits per heavy atom. The van der Waals surface area contributed by atoms with Gasteiger partial charge in [-0.15, -0.1) is 0 Å². The van der Waals surface area contributed by atoms with E-state index >= 15 is 0 Å². The molecule has 3 N–H and O–H groups in total. The van der Waals surface area contributed by atoms with Crippen LogP contribution in [0.3, 0.4) is 0 Å². The maximum Gasteiger partial charge on any atom is 0.269 e. The van der Waals surface area contributed by atoms with Gasteiger partial charge in [0, 0.05) is 44.7 Å². The SMILES string of the molecule is COC1CCN(c2nccc(Nc3cc4c(cn3)c(C(N)=O)nn4C(C)C)n2)CC1. The standard InChI is InChI=1S/C20H26N8O2/c1-12(2)28-15-10-17(23-11-14(15)18(26-28)19(21)29)24-16-4-7-22-20(25-16)27-8-5-13(30-3)6-9-27/h4,7,10-13H,5-6,8-9H2,1-3H3,(H2,21,29)(H,22,23,24,25). The number of nitrogens with zero attached hydrogens (tertiary/aromatic N) is 6. The van der Waals surface area contributed by atoms with Gasteiger partial charge in [0.2, 0.25) is 5.95 Å². The molecule has 0 aliphatic carbocycles. The second-order valence-electron chi connectivity index (χ2n) is 7.63. The Morgan fingerprint density at radius 3 is 2.70 bits per heavy atom. The summed E-state index contributed by atoms with van der Waals surface area (Å²) < 4.78 is 7.20. The van der Waals surface area contributed by atoms with Crippen LogP contribution in [0.5, 0.6) is 0 Å². The topological polar surface area (TPSA) is 124 Å². The van der Waals surface area contributed by atoms with Gasteiger partial charge in [0.05, 0.1) is 17.0 Å². The molecule has 158 valence electrons. The van der Waals surface area contributed by atoms with Crippen LogP contribution in [-0.2, 0) is 4.74 Å². The lowest BCUT2D eigenvalue weighted by molar-refractivity contribution is 0.0816. The van der Waals surface area contributed by atoms with Crippen molar-refractivity contribution in [2.75, 3.05) is 30.4 Å². The number of hydrogen-bond donors (Lipinski definition) is 2. The van der Waals surface area contributed by atoms with E-state index in [1.54, 1.807) is 30.3 Å². The molecule has 4 heterocycles. The number of methoxy groups -OCH3 is 1. The lowest BCUT2D eigenvalue weighted by Gasteiger charge is -2.31. The molecule has 0 spiro atoms. The van der Waals surface area contributed by atoms with Crippen LogP contribution >= 0.6 is 0 Å². The number of aromatic nitrogens is 5. The van der Waals surface area contributed by atoms with E-state index in [-0.39, 0.29) is 11.7 Å². The molecular formula is C20H26N8O2. The molecule has 10 heteroatoms. The van der Waals surface area contributed by atoms with Crippen molar-refractivity contribution in [3.8, 4) is 0 Å². The quantitative estimate of drug-likeness (QED) is 0.634. The van der Waals surface area contributed by atoms with E-state index in [1.807, 2.05) is 19.9 Å². The summed E-state index contributed by atoms with van der Waals surface area (Å²) >= 11 is 0. The predicted octanol–water partition coefficient (Wildman–Crippen LogP) is 2.26. The van der Waals surface area contributed by atoms with Gasteiger partial charge >= 0.3 is 0 Å². The molecule has 0 bridgehead atoms. The second-order valence-corrected chi connectivity index (χ2v) is 7.63. The van der Waals surface area contributed by atoms with Crippen LogP contribution in [0.2, 0.25) is 0 Å². The highest BCUT2D eigenvalue weighted by Gasteiger charge is 2.21. The number of piperidine rings is 1. The van der Waals surface area contributed by atoms with Crippen LogP contribution in [0.25, 0.3) is 10.9 Å². The zero-order valence-electron chi connectivity index (χ0n) is 17.4. The van der Waals surface area contributed by atoms with Gasteiger partial charge in [-0.3, -0.25) is 9.48 Å². The number of carbonyl (C=O) groups is 1. The van der Waals surface area contributed by atoms with E-state index in [2.05, 4.69) is 30.3 Å². The monoisotopic (exact) mass is 410 g/mol. The van der Waals surface area contributed by atoms with Gasteiger partial charge in [0.25, 0.3) is 5.91 Å². The number of hydrogen-bond acceptors (Lipinski definition) is 8. The fraction of sp³-hybridized carbons (Fsp3) is 0.450. The van der Waals surface area contributed by atoms with Crippen molar-refractivity contribution in [3.63, 3.8) is 0 Å². The summed E-state index contributed by atoms with van der Waals surface area (Å²) in [6.45, 7) is 5.70. The average molecular weight is 410 g/mol. The summed E-state index contributed by atoms with van der Waals surface area (Å²) in [6.07, 6.45) is 5.56. The van der Waals surface area contributed by atoms with Crippen LogP contribution in [0, 0.1) is 0 Å². The zero-order chi connectivity index (χ0) is 21.3. The normalized spacial score (nSPS) is 15.1. The molecule has 10 nitrogen and oxygen atoms in total. The molecule has 1 amide bonds.